The van der Waals surface area contributed by atoms with Crippen molar-refractivity contribution >= 4 is 0 Å². The highest BCUT2D eigenvalue weighted by Gasteiger charge is 2.26. The molecular weight excluding hydrogens is 280 g/mol. The number of methoxy groups -OCH3 is 2. The van der Waals surface area contributed by atoms with Gasteiger partial charge in [-0.25, -0.2) is 0 Å². The van der Waals surface area contributed by atoms with E-state index in [2.05, 4.69) is 0 Å². The lowest BCUT2D eigenvalue weighted by atomic mass is 9.95. The standard InChI is InChI=1S/C18H20O4/c1-11-17-13(10-15(19)18(11)21-3)6-9-16(22-17)12-4-7-14(20-2)8-5-12/h4-5,7-8,10,16,19H,6,9H2,1-3H3/t16-/m0/s1. The molecule has 2 aromatic rings. The van der Waals surface area contributed by atoms with Gasteiger partial charge in [0.15, 0.2) is 11.5 Å². The van der Waals surface area contributed by atoms with Crippen molar-refractivity contribution in [1.29, 1.82) is 0 Å². The van der Waals surface area contributed by atoms with Crippen LogP contribution in [0.4, 0.5) is 0 Å². The fourth-order valence-corrected chi connectivity index (χ4v) is 2.98. The van der Waals surface area contributed by atoms with E-state index >= 15 is 0 Å². The Labute approximate surface area is 130 Å². The van der Waals surface area contributed by atoms with Gasteiger partial charge in [-0.3, -0.25) is 0 Å². The molecule has 0 amide bonds. The third kappa shape index (κ3) is 2.45. The number of hydrogen-bond acceptors (Lipinski definition) is 4. The van der Waals surface area contributed by atoms with Crippen LogP contribution in [0.3, 0.4) is 0 Å². The number of aryl methyl sites for hydroxylation is 1. The molecule has 3 rings (SSSR count). The van der Waals surface area contributed by atoms with Crippen molar-refractivity contribution < 1.29 is 19.3 Å². The van der Waals surface area contributed by atoms with Crippen molar-refractivity contribution in [2.24, 2.45) is 0 Å². The first kappa shape index (κ1) is 14.6. The molecular formula is C18H20O4. The summed E-state index contributed by atoms with van der Waals surface area (Å²) in [5.41, 5.74) is 2.99. The molecule has 1 aliphatic heterocycles. The molecule has 0 radical (unpaired) electrons. The van der Waals surface area contributed by atoms with Gasteiger partial charge in [0.2, 0.25) is 0 Å². The molecule has 1 heterocycles. The molecule has 1 N–H and O–H groups in total. The van der Waals surface area contributed by atoms with Gasteiger partial charge in [0, 0.05) is 5.56 Å². The highest BCUT2D eigenvalue weighted by Crippen LogP contribution is 2.44. The fraction of sp³-hybridized carbons (Fsp3) is 0.333. The maximum absolute atomic E-state index is 9.99. The molecule has 1 atom stereocenters. The lowest BCUT2D eigenvalue weighted by Gasteiger charge is -2.28. The zero-order valence-electron chi connectivity index (χ0n) is 13.1. The molecule has 22 heavy (non-hydrogen) atoms. The van der Waals surface area contributed by atoms with Crippen LogP contribution in [-0.4, -0.2) is 19.3 Å². The van der Waals surface area contributed by atoms with E-state index in [-0.39, 0.29) is 11.9 Å². The summed E-state index contributed by atoms with van der Waals surface area (Å²) < 4.78 is 16.6. The smallest absolute Gasteiger partial charge is 0.167 e. The minimum Gasteiger partial charge on any atom is -0.504 e. The van der Waals surface area contributed by atoms with E-state index in [0.717, 1.165) is 41.0 Å². The number of phenolic OH excluding ortho intramolecular Hbond substituents is 1. The van der Waals surface area contributed by atoms with Crippen LogP contribution in [0, 0.1) is 6.92 Å². The lowest BCUT2D eigenvalue weighted by molar-refractivity contribution is 0.173. The molecule has 0 aliphatic carbocycles. The molecule has 0 fully saturated rings. The van der Waals surface area contributed by atoms with E-state index in [4.69, 9.17) is 14.2 Å². The molecule has 2 aromatic carbocycles. The van der Waals surface area contributed by atoms with Crippen molar-refractivity contribution in [2.75, 3.05) is 14.2 Å². The van der Waals surface area contributed by atoms with Crippen LogP contribution in [0.2, 0.25) is 0 Å². The second kappa shape index (κ2) is 5.79. The molecule has 4 nitrogen and oxygen atoms in total. The monoisotopic (exact) mass is 300 g/mol. The summed E-state index contributed by atoms with van der Waals surface area (Å²) in [6, 6.07) is 9.69. The van der Waals surface area contributed by atoms with E-state index in [1.54, 1.807) is 20.3 Å². The third-order valence-corrected chi connectivity index (χ3v) is 4.14. The average molecular weight is 300 g/mol. The summed E-state index contributed by atoms with van der Waals surface area (Å²) in [6.45, 7) is 1.91. The van der Waals surface area contributed by atoms with Gasteiger partial charge in [0.25, 0.3) is 0 Å². The number of benzene rings is 2. The van der Waals surface area contributed by atoms with Gasteiger partial charge < -0.3 is 19.3 Å². The Balaban J connectivity index is 1.92. The van der Waals surface area contributed by atoms with Crippen LogP contribution in [0.15, 0.2) is 30.3 Å². The molecule has 0 aromatic heterocycles. The van der Waals surface area contributed by atoms with Gasteiger partial charge in [-0.15, -0.1) is 0 Å². The first-order valence-electron chi connectivity index (χ1n) is 7.34. The number of phenols is 1. The Bertz CT molecular complexity index is 676. The number of fused-ring (bicyclic) bond motifs is 1. The summed E-state index contributed by atoms with van der Waals surface area (Å²) in [5, 5.41) is 9.99. The first-order valence-corrected chi connectivity index (χ1v) is 7.34. The summed E-state index contributed by atoms with van der Waals surface area (Å²) in [5.74, 6) is 2.31. The summed E-state index contributed by atoms with van der Waals surface area (Å²) in [4.78, 5) is 0. The van der Waals surface area contributed by atoms with Gasteiger partial charge in [0.1, 0.15) is 17.6 Å². The SMILES string of the molecule is COc1ccc([C@@H]2CCc3cc(O)c(OC)c(C)c3O2)cc1. The Hall–Kier alpha value is -2.36. The first-order chi connectivity index (χ1) is 10.6. The number of aromatic hydroxyl groups is 1. The third-order valence-electron chi connectivity index (χ3n) is 4.14. The van der Waals surface area contributed by atoms with Crippen LogP contribution in [0.5, 0.6) is 23.0 Å². The quantitative estimate of drug-likeness (QED) is 0.937. The molecule has 116 valence electrons. The summed E-state index contributed by atoms with van der Waals surface area (Å²) in [6.07, 6.45) is 1.75. The highest BCUT2D eigenvalue weighted by molar-refractivity contribution is 5.57. The zero-order chi connectivity index (χ0) is 15.7. The van der Waals surface area contributed by atoms with Crippen LogP contribution in [0.25, 0.3) is 0 Å². The molecule has 4 heteroatoms. The maximum atomic E-state index is 9.99. The van der Waals surface area contributed by atoms with E-state index < -0.39 is 0 Å². The second-order valence-corrected chi connectivity index (χ2v) is 5.46. The molecule has 0 spiro atoms. The molecule has 0 saturated carbocycles. The summed E-state index contributed by atoms with van der Waals surface area (Å²) >= 11 is 0. The van der Waals surface area contributed by atoms with Gasteiger partial charge in [-0.05, 0) is 49.1 Å². The normalized spacial score (nSPS) is 16.6. The van der Waals surface area contributed by atoms with E-state index in [1.807, 2.05) is 31.2 Å². The maximum Gasteiger partial charge on any atom is 0.167 e. The molecule has 0 saturated heterocycles. The van der Waals surface area contributed by atoms with Gasteiger partial charge in [-0.1, -0.05) is 12.1 Å². The minimum absolute atomic E-state index is 0.00588. The molecule has 0 unspecified atom stereocenters. The number of ether oxygens (including phenoxy) is 3. The topological polar surface area (TPSA) is 47.9 Å². The predicted molar refractivity (Wildman–Crippen MR) is 84.1 cm³/mol. The second-order valence-electron chi connectivity index (χ2n) is 5.46. The Morgan fingerprint density at radius 3 is 2.50 bits per heavy atom. The molecule has 1 aliphatic rings. The largest absolute Gasteiger partial charge is 0.504 e. The number of hydrogen-bond donors (Lipinski definition) is 1. The fourth-order valence-electron chi connectivity index (χ4n) is 2.98. The molecule has 0 bridgehead atoms. The van der Waals surface area contributed by atoms with E-state index in [0.29, 0.717) is 5.75 Å². The average Bonchev–Trinajstić information content (AvgIpc) is 2.55. The van der Waals surface area contributed by atoms with E-state index in [9.17, 15) is 5.11 Å². The number of rotatable bonds is 3. The van der Waals surface area contributed by atoms with Crippen LogP contribution in [0.1, 0.15) is 29.2 Å². The van der Waals surface area contributed by atoms with Gasteiger partial charge in [-0.2, -0.15) is 0 Å². The highest BCUT2D eigenvalue weighted by atomic mass is 16.5. The van der Waals surface area contributed by atoms with Crippen molar-refractivity contribution in [1.82, 2.24) is 0 Å². The Morgan fingerprint density at radius 2 is 1.86 bits per heavy atom. The summed E-state index contributed by atoms with van der Waals surface area (Å²) in [7, 11) is 3.21. The predicted octanol–water partition coefficient (Wildman–Crippen LogP) is 3.78. The minimum atomic E-state index is 0.00588. The lowest BCUT2D eigenvalue weighted by Crippen LogP contribution is -2.16. The van der Waals surface area contributed by atoms with Crippen molar-refractivity contribution in [3.8, 4) is 23.0 Å². The Kier molecular flexibility index (Phi) is 3.84. The van der Waals surface area contributed by atoms with Crippen molar-refractivity contribution in [3.05, 3.63) is 47.0 Å². The van der Waals surface area contributed by atoms with Crippen LogP contribution < -0.4 is 14.2 Å². The van der Waals surface area contributed by atoms with Crippen LogP contribution in [-0.2, 0) is 6.42 Å². The van der Waals surface area contributed by atoms with Crippen molar-refractivity contribution in [2.45, 2.75) is 25.9 Å². The van der Waals surface area contributed by atoms with Crippen molar-refractivity contribution in [3.63, 3.8) is 0 Å². The van der Waals surface area contributed by atoms with Gasteiger partial charge >= 0.3 is 0 Å². The zero-order valence-corrected chi connectivity index (χ0v) is 13.1. The Morgan fingerprint density at radius 1 is 1.14 bits per heavy atom. The van der Waals surface area contributed by atoms with Gasteiger partial charge in [0.05, 0.1) is 14.2 Å². The van der Waals surface area contributed by atoms with Crippen LogP contribution >= 0.6 is 0 Å². The van der Waals surface area contributed by atoms with E-state index in [1.165, 1.54) is 0 Å².